The molecule has 0 atom stereocenters. The second-order valence-corrected chi connectivity index (χ2v) is 8.72. The van der Waals surface area contributed by atoms with E-state index >= 15 is 0 Å². The van der Waals surface area contributed by atoms with Crippen LogP contribution in [0.25, 0.3) is 0 Å². The van der Waals surface area contributed by atoms with E-state index in [1.165, 1.54) is 24.3 Å². The number of anilines is 1. The van der Waals surface area contributed by atoms with E-state index in [1.807, 2.05) is 24.3 Å². The maximum absolute atomic E-state index is 13.5. The minimum atomic E-state index is -0.342. The molecule has 8 heteroatoms. The summed E-state index contributed by atoms with van der Waals surface area (Å²) in [7, 11) is 0. The van der Waals surface area contributed by atoms with Crippen molar-refractivity contribution in [2.45, 2.75) is 25.7 Å². The highest BCUT2D eigenvalue weighted by Crippen LogP contribution is 2.30. The van der Waals surface area contributed by atoms with Gasteiger partial charge in [-0.2, -0.15) is 0 Å². The Morgan fingerprint density at radius 3 is 2.08 bits per heavy atom. The number of aromatic nitrogens is 1. The highest BCUT2D eigenvalue weighted by atomic mass is 35.5. The zero-order valence-electron chi connectivity index (χ0n) is 20.4. The highest BCUT2D eigenvalue weighted by molar-refractivity contribution is 5.94. The monoisotopic (exact) mass is 515 g/mol. The Labute approximate surface area is 217 Å². The van der Waals surface area contributed by atoms with E-state index in [0.29, 0.717) is 18.0 Å². The molecule has 0 spiro atoms. The first-order chi connectivity index (χ1) is 17.0. The van der Waals surface area contributed by atoms with Crippen LogP contribution in [0.15, 0.2) is 66.9 Å². The lowest BCUT2D eigenvalue weighted by atomic mass is 9.87. The first-order valence-corrected chi connectivity index (χ1v) is 12.2. The third-order valence-electron chi connectivity index (χ3n) is 6.47. The summed E-state index contributed by atoms with van der Waals surface area (Å²) in [6.07, 6.45) is 3.54. The molecule has 0 unspecified atom stereocenters. The standard InChI is InChI=1S/C28H31F2N3O2.ClH/c1-2-35-28(34)26-5-3-15-31-27(26)33-19-17-32(18-20-33)16-4-6-25(21-7-11-23(29)12-8-21)22-9-13-24(30)14-10-22;/h3,5,7-15,25H,2,4,6,16-20H2,1H3;1H. The maximum Gasteiger partial charge on any atom is 0.341 e. The lowest BCUT2D eigenvalue weighted by Crippen LogP contribution is -2.47. The number of benzene rings is 2. The van der Waals surface area contributed by atoms with Crippen molar-refractivity contribution in [2.24, 2.45) is 0 Å². The summed E-state index contributed by atoms with van der Waals surface area (Å²) < 4.78 is 32.1. The number of pyridine rings is 1. The molecule has 192 valence electrons. The van der Waals surface area contributed by atoms with Crippen LogP contribution in [0.3, 0.4) is 0 Å². The second kappa shape index (κ2) is 13.3. The van der Waals surface area contributed by atoms with Crippen LogP contribution in [0.4, 0.5) is 14.6 Å². The number of hydrogen-bond donors (Lipinski definition) is 0. The van der Waals surface area contributed by atoms with Crippen molar-refractivity contribution in [3.63, 3.8) is 0 Å². The number of carbonyl (C=O) groups excluding carboxylic acids is 1. The Hall–Kier alpha value is -3.03. The number of esters is 1. The Kier molecular flexibility index (Phi) is 10.2. The third kappa shape index (κ3) is 7.02. The minimum absolute atomic E-state index is 0. The van der Waals surface area contributed by atoms with Crippen molar-refractivity contribution in [2.75, 3.05) is 44.2 Å². The van der Waals surface area contributed by atoms with Gasteiger partial charge in [0.15, 0.2) is 0 Å². The number of hydrogen-bond acceptors (Lipinski definition) is 5. The summed E-state index contributed by atoms with van der Waals surface area (Å²) >= 11 is 0. The predicted molar refractivity (Wildman–Crippen MR) is 140 cm³/mol. The van der Waals surface area contributed by atoms with Gasteiger partial charge in [0.25, 0.3) is 0 Å². The van der Waals surface area contributed by atoms with Crippen LogP contribution >= 0.6 is 12.4 Å². The molecular formula is C28H32ClF2N3O2. The Bertz CT molecular complexity index is 1060. The van der Waals surface area contributed by atoms with Crippen LogP contribution in [-0.2, 0) is 4.74 Å². The number of rotatable bonds is 9. The van der Waals surface area contributed by atoms with Gasteiger partial charge in [0.2, 0.25) is 0 Å². The van der Waals surface area contributed by atoms with Crippen LogP contribution < -0.4 is 4.90 Å². The minimum Gasteiger partial charge on any atom is -0.462 e. The molecule has 0 saturated carbocycles. The third-order valence-corrected chi connectivity index (χ3v) is 6.47. The number of piperazine rings is 1. The van der Waals surface area contributed by atoms with Crippen molar-refractivity contribution in [3.05, 3.63) is 95.2 Å². The largest absolute Gasteiger partial charge is 0.462 e. The first kappa shape index (κ1) is 27.6. The van der Waals surface area contributed by atoms with E-state index in [9.17, 15) is 13.6 Å². The van der Waals surface area contributed by atoms with E-state index in [2.05, 4.69) is 14.8 Å². The van der Waals surface area contributed by atoms with E-state index in [4.69, 9.17) is 4.74 Å². The summed E-state index contributed by atoms with van der Waals surface area (Å²) in [6.45, 7) is 6.36. The number of ether oxygens (including phenoxy) is 1. The number of halogens is 3. The van der Waals surface area contributed by atoms with Gasteiger partial charge < -0.3 is 9.64 Å². The van der Waals surface area contributed by atoms with Crippen LogP contribution in [0.2, 0.25) is 0 Å². The van der Waals surface area contributed by atoms with Gasteiger partial charge in [-0.05, 0) is 73.8 Å². The average Bonchev–Trinajstić information content (AvgIpc) is 2.89. The second-order valence-electron chi connectivity index (χ2n) is 8.72. The molecule has 2 heterocycles. The Morgan fingerprint density at radius 2 is 1.53 bits per heavy atom. The molecule has 4 rings (SSSR count). The van der Waals surface area contributed by atoms with Gasteiger partial charge in [-0.25, -0.2) is 18.6 Å². The quantitative estimate of drug-likeness (QED) is 0.342. The van der Waals surface area contributed by atoms with Gasteiger partial charge in [0.1, 0.15) is 23.0 Å². The fourth-order valence-electron chi connectivity index (χ4n) is 4.64. The molecule has 0 amide bonds. The fourth-order valence-corrected chi connectivity index (χ4v) is 4.64. The SMILES string of the molecule is CCOC(=O)c1cccnc1N1CCN(CCCC(c2ccc(F)cc2)c2ccc(F)cc2)CC1.Cl. The van der Waals surface area contributed by atoms with Crippen molar-refractivity contribution >= 4 is 24.2 Å². The maximum atomic E-state index is 13.5. The smallest absolute Gasteiger partial charge is 0.341 e. The summed E-state index contributed by atoms with van der Waals surface area (Å²) in [5.41, 5.74) is 2.57. The first-order valence-electron chi connectivity index (χ1n) is 12.2. The van der Waals surface area contributed by atoms with Crippen molar-refractivity contribution < 1.29 is 18.3 Å². The predicted octanol–water partition coefficient (Wildman–Crippen LogP) is 5.69. The van der Waals surface area contributed by atoms with E-state index in [-0.39, 0.29) is 35.9 Å². The van der Waals surface area contributed by atoms with Gasteiger partial charge in [-0.15, -0.1) is 12.4 Å². The van der Waals surface area contributed by atoms with E-state index in [1.54, 1.807) is 25.3 Å². The summed E-state index contributed by atoms with van der Waals surface area (Å²) in [4.78, 5) is 21.3. The average molecular weight is 516 g/mol. The van der Waals surface area contributed by atoms with Crippen LogP contribution in [-0.4, -0.2) is 55.2 Å². The molecule has 1 aromatic heterocycles. The molecule has 3 aromatic rings. The molecule has 1 saturated heterocycles. The molecule has 0 aliphatic carbocycles. The van der Waals surface area contributed by atoms with Gasteiger partial charge in [-0.3, -0.25) is 4.90 Å². The molecule has 1 aliphatic rings. The normalized spacial score (nSPS) is 13.9. The molecule has 1 aliphatic heterocycles. The van der Waals surface area contributed by atoms with Gasteiger partial charge in [0, 0.05) is 38.3 Å². The van der Waals surface area contributed by atoms with E-state index in [0.717, 1.165) is 56.7 Å². The van der Waals surface area contributed by atoms with Crippen molar-refractivity contribution in [1.29, 1.82) is 0 Å². The number of carbonyl (C=O) groups is 1. The van der Waals surface area contributed by atoms with Crippen molar-refractivity contribution in [1.82, 2.24) is 9.88 Å². The topological polar surface area (TPSA) is 45.7 Å². The Morgan fingerprint density at radius 1 is 0.944 bits per heavy atom. The molecule has 36 heavy (non-hydrogen) atoms. The molecule has 1 fully saturated rings. The lowest BCUT2D eigenvalue weighted by Gasteiger charge is -2.36. The molecule has 5 nitrogen and oxygen atoms in total. The molecule has 2 aromatic carbocycles. The molecule has 0 radical (unpaired) electrons. The Balaban J connectivity index is 0.00000361. The molecule has 0 N–H and O–H groups in total. The van der Waals surface area contributed by atoms with Gasteiger partial charge in [-0.1, -0.05) is 24.3 Å². The molecule has 0 bridgehead atoms. The number of nitrogens with zero attached hydrogens (tertiary/aromatic N) is 3. The van der Waals surface area contributed by atoms with Gasteiger partial charge in [0.05, 0.1) is 6.61 Å². The zero-order chi connectivity index (χ0) is 24.6. The fraction of sp³-hybridized carbons (Fsp3) is 0.357. The highest BCUT2D eigenvalue weighted by Gasteiger charge is 2.23. The summed E-state index contributed by atoms with van der Waals surface area (Å²) in [5, 5.41) is 0. The van der Waals surface area contributed by atoms with Crippen LogP contribution in [0, 0.1) is 11.6 Å². The van der Waals surface area contributed by atoms with Crippen LogP contribution in [0.1, 0.15) is 47.2 Å². The van der Waals surface area contributed by atoms with E-state index < -0.39 is 0 Å². The lowest BCUT2D eigenvalue weighted by molar-refractivity contribution is 0.0526. The zero-order valence-corrected chi connectivity index (χ0v) is 21.2. The summed E-state index contributed by atoms with van der Waals surface area (Å²) in [6, 6.07) is 16.7. The van der Waals surface area contributed by atoms with Crippen LogP contribution in [0.5, 0.6) is 0 Å². The summed E-state index contributed by atoms with van der Waals surface area (Å²) in [5.74, 6) is -0.103. The van der Waals surface area contributed by atoms with Crippen molar-refractivity contribution in [3.8, 4) is 0 Å². The molecular weight excluding hydrogens is 484 g/mol. The van der Waals surface area contributed by atoms with Gasteiger partial charge >= 0.3 is 5.97 Å².